The fourth-order valence-electron chi connectivity index (χ4n) is 4.51. The number of benzene rings is 4. The van der Waals surface area contributed by atoms with E-state index in [9.17, 15) is 40.9 Å². The Kier molecular flexibility index (Phi) is 6.99. The molecular formula is C30H28O8. The molecule has 196 valence electrons. The highest BCUT2D eigenvalue weighted by atomic mass is 16.3. The van der Waals surface area contributed by atoms with E-state index in [1.807, 2.05) is 0 Å². The molecule has 8 N–H and O–H groups in total. The molecule has 0 saturated carbocycles. The molecule has 2 unspecified atom stereocenters. The van der Waals surface area contributed by atoms with Crippen molar-refractivity contribution < 1.29 is 40.9 Å². The van der Waals surface area contributed by atoms with Crippen molar-refractivity contribution in [3.63, 3.8) is 0 Å². The van der Waals surface area contributed by atoms with Crippen LogP contribution in [0.1, 0.15) is 59.1 Å². The molecule has 0 aliphatic carbocycles. The first-order chi connectivity index (χ1) is 18.0. The van der Waals surface area contributed by atoms with E-state index in [-0.39, 0.29) is 51.6 Å². The number of hydrogen-bond acceptors (Lipinski definition) is 8. The maximum absolute atomic E-state index is 11.5. The molecule has 4 aromatic rings. The van der Waals surface area contributed by atoms with Gasteiger partial charge in [-0.3, -0.25) is 0 Å². The second-order valence-corrected chi connectivity index (χ2v) is 9.18. The molecule has 8 nitrogen and oxygen atoms in total. The lowest BCUT2D eigenvalue weighted by Gasteiger charge is -2.24. The standard InChI is InChI=1S/C30H28O8/c1-15(18-6-9-22(32)25(35)12-18)28-20(5-3-17-4-8-21(31)24(34)11-17)14-27(37)29(30(28)38)16(2)19-7-10-23(33)26(36)13-19/h3-16,31-38H,1-2H3. The molecule has 4 aromatic carbocycles. The monoisotopic (exact) mass is 516 g/mol. The normalized spacial score (nSPS) is 13.0. The van der Waals surface area contributed by atoms with Crippen LogP contribution in [0.15, 0.2) is 60.7 Å². The Morgan fingerprint density at radius 1 is 0.474 bits per heavy atom. The zero-order valence-electron chi connectivity index (χ0n) is 20.7. The van der Waals surface area contributed by atoms with Crippen molar-refractivity contribution in [2.24, 2.45) is 0 Å². The Hall–Kier alpha value is -4.98. The smallest absolute Gasteiger partial charge is 0.157 e. The Bertz CT molecular complexity index is 1540. The van der Waals surface area contributed by atoms with E-state index in [0.717, 1.165) is 0 Å². The maximum atomic E-state index is 11.5. The lowest BCUT2D eigenvalue weighted by Crippen LogP contribution is -2.05. The molecule has 0 radical (unpaired) electrons. The van der Waals surface area contributed by atoms with Crippen molar-refractivity contribution in [1.82, 2.24) is 0 Å². The topological polar surface area (TPSA) is 162 Å². The van der Waals surface area contributed by atoms with Gasteiger partial charge in [-0.15, -0.1) is 0 Å². The number of phenols is 8. The van der Waals surface area contributed by atoms with Crippen LogP contribution in [0.5, 0.6) is 46.0 Å². The highest BCUT2D eigenvalue weighted by Crippen LogP contribution is 2.47. The Balaban J connectivity index is 1.89. The number of hydrogen-bond donors (Lipinski definition) is 8. The first-order valence-electron chi connectivity index (χ1n) is 11.8. The van der Waals surface area contributed by atoms with Crippen molar-refractivity contribution in [3.8, 4) is 46.0 Å². The maximum Gasteiger partial charge on any atom is 0.157 e. The molecule has 4 rings (SSSR count). The van der Waals surface area contributed by atoms with Crippen molar-refractivity contribution in [2.75, 3.05) is 0 Å². The van der Waals surface area contributed by atoms with E-state index in [2.05, 4.69) is 0 Å². The minimum Gasteiger partial charge on any atom is -0.507 e. The van der Waals surface area contributed by atoms with Crippen LogP contribution in [-0.2, 0) is 0 Å². The van der Waals surface area contributed by atoms with Gasteiger partial charge < -0.3 is 40.9 Å². The van der Waals surface area contributed by atoms with Crippen molar-refractivity contribution >= 4 is 12.2 Å². The average Bonchev–Trinajstić information content (AvgIpc) is 2.87. The van der Waals surface area contributed by atoms with Gasteiger partial charge in [0.15, 0.2) is 34.5 Å². The molecule has 0 spiro atoms. The molecule has 8 heteroatoms. The van der Waals surface area contributed by atoms with E-state index in [4.69, 9.17) is 0 Å². The largest absolute Gasteiger partial charge is 0.507 e. The lowest BCUT2D eigenvalue weighted by molar-refractivity contribution is 0.402. The highest BCUT2D eigenvalue weighted by molar-refractivity contribution is 5.76. The minimum atomic E-state index is -0.590. The summed E-state index contributed by atoms with van der Waals surface area (Å²) >= 11 is 0. The van der Waals surface area contributed by atoms with Gasteiger partial charge in [-0.25, -0.2) is 0 Å². The molecule has 0 saturated heterocycles. The summed E-state index contributed by atoms with van der Waals surface area (Å²) in [7, 11) is 0. The van der Waals surface area contributed by atoms with Gasteiger partial charge in [0.05, 0.1) is 0 Å². The highest BCUT2D eigenvalue weighted by Gasteiger charge is 2.26. The van der Waals surface area contributed by atoms with Gasteiger partial charge in [-0.05, 0) is 64.7 Å². The summed E-state index contributed by atoms with van der Waals surface area (Å²) in [6.45, 7) is 3.53. The summed E-state index contributed by atoms with van der Waals surface area (Å²) < 4.78 is 0. The summed E-state index contributed by atoms with van der Waals surface area (Å²) in [6, 6.07) is 14.4. The van der Waals surface area contributed by atoms with Gasteiger partial charge in [0.1, 0.15) is 11.5 Å². The van der Waals surface area contributed by atoms with Gasteiger partial charge in [-0.2, -0.15) is 0 Å². The number of rotatable bonds is 6. The SMILES string of the molecule is CC(c1ccc(O)c(O)c1)c1c(O)cc(C=Cc2ccc(O)c(O)c2)c(C(C)c2ccc(O)c(O)c2)c1O. The molecule has 2 atom stereocenters. The van der Waals surface area contributed by atoms with Gasteiger partial charge in [0, 0.05) is 23.0 Å². The van der Waals surface area contributed by atoms with Crippen LogP contribution >= 0.6 is 0 Å². The fourth-order valence-corrected chi connectivity index (χ4v) is 4.51. The minimum absolute atomic E-state index is 0.194. The molecule has 0 amide bonds. The van der Waals surface area contributed by atoms with Crippen LogP contribution in [-0.4, -0.2) is 40.9 Å². The molecule has 0 fully saturated rings. The third-order valence-electron chi connectivity index (χ3n) is 6.71. The first kappa shape index (κ1) is 26.1. The van der Waals surface area contributed by atoms with Gasteiger partial charge in [0.2, 0.25) is 0 Å². The summed E-state index contributed by atoms with van der Waals surface area (Å²) in [5, 5.41) is 81.5. The Labute approximate surface area is 218 Å². The zero-order chi connectivity index (χ0) is 27.7. The van der Waals surface area contributed by atoms with Crippen molar-refractivity contribution in [3.05, 3.63) is 94.0 Å². The van der Waals surface area contributed by atoms with Crippen molar-refractivity contribution in [2.45, 2.75) is 25.7 Å². The van der Waals surface area contributed by atoms with Crippen LogP contribution in [0.4, 0.5) is 0 Å². The number of aromatic hydroxyl groups is 8. The molecule has 38 heavy (non-hydrogen) atoms. The molecule has 0 aromatic heterocycles. The van der Waals surface area contributed by atoms with Crippen LogP contribution in [0, 0.1) is 0 Å². The second kappa shape index (κ2) is 10.2. The molecule has 0 aliphatic heterocycles. The Morgan fingerprint density at radius 3 is 1.45 bits per heavy atom. The van der Waals surface area contributed by atoms with Crippen LogP contribution in [0.25, 0.3) is 12.2 Å². The molecule has 0 heterocycles. The quantitative estimate of drug-likeness (QED) is 0.118. The zero-order valence-corrected chi connectivity index (χ0v) is 20.7. The lowest BCUT2D eigenvalue weighted by atomic mass is 9.82. The van der Waals surface area contributed by atoms with Crippen LogP contribution in [0.2, 0.25) is 0 Å². The van der Waals surface area contributed by atoms with Crippen LogP contribution in [0.3, 0.4) is 0 Å². The van der Waals surface area contributed by atoms with Gasteiger partial charge in [-0.1, -0.05) is 44.2 Å². The summed E-state index contributed by atoms with van der Waals surface area (Å²) in [4.78, 5) is 0. The Morgan fingerprint density at radius 2 is 0.947 bits per heavy atom. The average molecular weight is 517 g/mol. The molecular weight excluding hydrogens is 488 g/mol. The van der Waals surface area contributed by atoms with E-state index in [0.29, 0.717) is 27.8 Å². The van der Waals surface area contributed by atoms with E-state index >= 15 is 0 Å². The van der Waals surface area contributed by atoms with Gasteiger partial charge >= 0.3 is 0 Å². The van der Waals surface area contributed by atoms with E-state index < -0.39 is 11.8 Å². The predicted molar refractivity (Wildman–Crippen MR) is 143 cm³/mol. The van der Waals surface area contributed by atoms with E-state index in [1.54, 1.807) is 44.2 Å². The van der Waals surface area contributed by atoms with E-state index in [1.165, 1.54) is 42.5 Å². The van der Waals surface area contributed by atoms with Gasteiger partial charge in [0.25, 0.3) is 0 Å². The third-order valence-corrected chi connectivity index (χ3v) is 6.71. The third kappa shape index (κ3) is 4.97. The predicted octanol–water partition coefficient (Wildman–Crippen LogP) is 5.81. The second-order valence-electron chi connectivity index (χ2n) is 9.18. The number of phenolic OH excluding ortho intramolecular Hbond substituents is 8. The molecule has 0 bridgehead atoms. The van der Waals surface area contributed by atoms with Crippen molar-refractivity contribution in [1.29, 1.82) is 0 Å². The fraction of sp³-hybridized carbons (Fsp3) is 0.133. The summed E-state index contributed by atoms with van der Waals surface area (Å²) in [5.74, 6) is -3.33. The summed E-state index contributed by atoms with van der Waals surface area (Å²) in [6.07, 6.45) is 3.27. The molecule has 0 aliphatic rings. The van der Waals surface area contributed by atoms with Crippen LogP contribution < -0.4 is 0 Å². The first-order valence-corrected chi connectivity index (χ1v) is 11.8. The summed E-state index contributed by atoms with van der Waals surface area (Å²) in [5.41, 5.74) is 2.72.